The van der Waals surface area contributed by atoms with Crippen LogP contribution < -0.4 is 0 Å². The van der Waals surface area contributed by atoms with Crippen LogP contribution in [0.2, 0.25) is 0 Å². The molecule has 0 radical (unpaired) electrons. The van der Waals surface area contributed by atoms with Gasteiger partial charge in [-0.1, -0.05) is 61.7 Å². The smallest absolute Gasteiger partial charge is 0.294 e. The monoisotopic (exact) mass is 362 g/mol. The van der Waals surface area contributed by atoms with Gasteiger partial charge in [0.15, 0.2) is 0 Å². The zero-order chi connectivity index (χ0) is 18.0. The molecule has 0 amide bonds. The maximum absolute atomic E-state index is 11.0. The summed E-state index contributed by atoms with van der Waals surface area (Å²) in [6, 6.07) is 16.6. The summed E-state index contributed by atoms with van der Waals surface area (Å²) in [5.74, 6) is 0. The van der Waals surface area contributed by atoms with Crippen molar-refractivity contribution in [1.29, 1.82) is 0 Å². The van der Waals surface area contributed by atoms with E-state index in [1.165, 1.54) is 24.1 Å². The molecule has 0 heterocycles. The first-order valence-electron chi connectivity index (χ1n) is 8.74. The van der Waals surface area contributed by atoms with Crippen molar-refractivity contribution in [1.82, 2.24) is 0 Å². The first-order chi connectivity index (χ1) is 12.1. The van der Waals surface area contributed by atoms with Crippen LogP contribution in [0.5, 0.6) is 0 Å². The van der Waals surface area contributed by atoms with Gasteiger partial charge in [-0.05, 0) is 42.5 Å². The molecule has 0 spiro atoms. The lowest BCUT2D eigenvalue weighted by Gasteiger charge is -2.05. The molecule has 0 saturated carbocycles. The highest BCUT2D eigenvalue weighted by Crippen LogP contribution is 2.13. The topological polar surface area (TPSA) is 63.6 Å². The highest BCUT2D eigenvalue weighted by atomic mass is 32.2. The molecule has 0 aliphatic heterocycles. The molecule has 2 rings (SSSR count). The normalized spacial score (nSPS) is 11.6. The van der Waals surface area contributed by atoms with Crippen LogP contribution in [0.1, 0.15) is 43.2 Å². The van der Waals surface area contributed by atoms with Gasteiger partial charge in [-0.3, -0.25) is 4.55 Å². The van der Waals surface area contributed by atoms with Crippen molar-refractivity contribution in [2.45, 2.75) is 50.0 Å². The second kappa shape index (κ2) is 10.3. The molecule has 4 nitrogen and oxygen atoms in total. The molecule has 0 aliphatic rings. The zero-order valence-corrected chi connectivity index (χ0v) is 15.2. The summed E-state index contributed by atoms with van der Waals surface area (Å²) in [4.78, 5) is -0.0493. The summed E-state index contributed by atoms with van der Waals surface area (Å²) >= 11 is 0. The van der Waals surface area contributed by atoms with E-state index < -0.39 is 10.1 Å². The summed E-state index contributed by atoms with van der Waals surface area (Å²) in [7, 11) is -4.09. The number of unbranched alkanes of at least 4 members (excludes halogenated alkanes) is 4. The molecular formula is C20H26O4S. The quantitative estimate of drug-likeness (QED) is 0.467. The van der Waals surface area contributed by atoms with E-state index in [9.17, 15) is 8.42 Å². The number of aryl methyl sites for hydroxylation is 1. The zero-order valence-electron chi connectivity index (χ0n) is 14.4. The van der Waals surface area contributed by atoms with Gasteiger partial charge in [0.2, 0.25) is 0 Å². The highest BCUT2D eigenvalue weighted by Gasteiger charge is 2.08. The number of rotatable bonds is 11. The first-order valence-corrected chi connectivity index (χ1v) is 10.2. The summed E-state index contributed by atoms with van der Waals surface area (Å²) in [5, 5.41) is 0. The largest absolute Gasteiger partial charge is 0.377 e. The Bertz CT molecular complexity index is 709. The SMILES string of the molecule is O=S(=O)(O)c1ccc(CCCCCCCOCc2ccccc2)cc1. The molecule has 5 heteroatoms. The molecule has 0 bridgehead atoms. The highest BCUT2D eigenvalue weighted by molar-refractivity contribution is 7.85. The average molecular weight is 362 g/mol. The van der Waals surface area contributed by atoms with Crippen LogP contribution in [-0.2, 0) is 27.9 Å². The minimum absolute atomic E-state index is 0.0493. The molecule has 0 unspecified atom stereocenters. The van der Waals surface area contributed by atoms with E-state index in [-0.39, 0.29) is 4.90 Å². The van der Waals surface area contributed by atoms with E-state index in [0.29, 0.717) is 6.61 Å². The molecule has 0 fully saturated rings. The van der Waals surface area contributed by atoms with Gasteiger partial charge in [-0.2, -0.15) is 8.42 Å². The Kier molecular flexibility index (Phi) is 8.12. The lowest BCUT2D eigenvalue weighted by molar-refractivity contribution is 0.116. The van der Waals surface area contributed by atoms with Crippen molar-refractivity contribution < 1.29 is 17.7 Å². The molecule has 2 aromatic rings. The predicted molar refractivity (Wildman–Crippen MR) is 99.1 cm³/mol. The molecular weight excluding hydrogens is 336 g/mol. The Morgan fingerprint density at radius 3 is 2.08 bits per heavy atom. The van der Waals surface area contributed by atoms with Crippen molar-refractivity contribution in [2.75, 3.05) is 6.61 Å². The van der Waals surface area contributed by atoms with E-state index in [0.717, 1.165) is 44.3 Å². The van der Waals surface area contributed by atoms with Crippen LogP contribution in [0, 0.1) is 0 Å². The van der Waals surface area contributed by atoms with Crippen LogP contribution in [-0.4, -0.2) is 19.6 Å². The average Bonchev–Trinajstić information content (AvgIpc) is 2.61. The second-order valence-corrected chi connectivity index (χ2v) is 7.60. The summed E-state index contributed by atoms with van der Waals surface area (Å²) in [6.07, 6.45) is 6.58. The molecule has 0 aromatic heterocycles. The molecule has 25 heavy (non-hydrogen) atoms. The maximum atomic E-state index is 11.0. The van der Waals surface area contributed by atoms with Crippen molar-refractivity contribution in [3.8, 4) is 0 Å². The Morgan fingerprint density at radius 2 is 1.40 bits per heavy atom. The molecule has 1 N–H and O–H groups in total. The predicted octanol–water partition coefficient (Wildman–Crippen LogP) is 4.64. The Hall–Kier alpha value is -1.69. The fourth-order valence-corrected chi connectivity index (χ4v) is 3.14. The van der Waals surface area contributed by atoms with Crippen molar-refractivity contribution in [3.05, 3.63) is 65.7 Å². The van der Waals surface area contributed by atoms with Gasteiger partial charge in [0.05, 0.1) is 11.5 Å². The van der Waals surface area contributed by atoms with E-state index in [2.05, 4.69) is 12.1 Å². The fourth-order valence-electron chi connectivity index (χ4n) is 2.66. The molecule has 0 saturated heterocycles. The van der Waals surface area contributed by atoms with Crippen molar-refractivity contribution in [2.24, 2.45) is 0 Å². The summed E-state index contributed by atoms with van der Waals surface area (Å²) < 4.78 is 36.6. The van der Waals surface area contributed by atoms with E-state index in [4.69, 9.17) is 9.29 Å². The van der Waals surface area contributed by atoms with Gasteiger partial charge in [0.25, 0.3) is 10.1 Å². The molecule has 0 aliphatic carbocycles. The van der Waals surface area contributed by atoms with Gasteiger partial charge in [-0.15, -0.1) is 0 Å². The number of hydrogen-bond acceptors (Lipinski definition) is 3. The van der Waals surface area contributed by atoms with Crippen LogP contribution in [0.25, 0.3) is 0 Å². The van der Waals surface area contributed by atoms with Crippen LogP contribution in [0.15, 0.2) is 59.5 Å². The number of hydrogen-bond donors (Lipinski definition) is 1. The Labute approximate surface area is 150 Å². The number of ether oxygens (including phenoxy) is 1. The third kappa shape index (κ3) is 7.82. The molecule has 2 aromatic carbocycles. The van der Waals surface area contributed by atoms with E-state index in [1.807, 2.05) is 18.2 Å². The lowest BCUT2D eigenvalue weighted by atomic mass is 10.1. The van der Waals surface area contributed by atoms with Crippen LogP contribution >= 0.6 is 0 Å². The van der Waals surface area contributed by atoms with Crippen LogP contribution in [0.3, 0.4) is 0 Å². The minimum atomic E-state index is -4.09. The van der Waals surface area contributed by atoms with Crippen LogP contribution in [0.4, 0.5) is 0 Å². The summed E-state index contributed by atoms with van der Waals surface area (Å²) in [5.41, 5.74) is 2.31. The van der Waals surface area contributed by atoms with Gasteiger partial charge < -0.3 is 4.74 Å². The van der Waals surface area contributed by atoms with Gasteiger partial charge in [0, 0.05) is 6.61 Å². The van der Waals surface area contributed by atoms with Gasteiger partial charge in [-0.25, -0.2) is 0 Å². The van der Waals surface area contributed by atoms with E-state index in [1.54, 1.807) is 12.1 Å². The molecule has 136 valence electrons. The minimum Gasteiger partial charge on any atom is -0.377 e. The third-order valence-corrected chi connectivity index (χ3v) is 4.95. The number of benzene rings is 2. The Balaban J connectivity index is 1.49. The maximum Gasteiger partial charge on any atom is 0.294 e. The van der Waals surface area contributed by atoms with E-state index >= 15 is 0 Å². The molecule has 0 atom stereocenters. The fraction of sp³-hybridized carbons (Fsp3) is 0.400. The van der Waals surface area contributed by atoms with Crippen molar-refractivity contribution in [3.63, 3.8) is 0 Å². The van der Waals surface area contributed by atoms with Gasteiger partial charge >= 0.3 is 0 Å². The lowest BCUT2D eigenvalue weighted by Crippen LogP contribution is -1.98. The van der Waals surface area contributed by atoms with Gasteiger partial charge in [0.1, 0.15) is 0 Å². The first kappa shape index (κ1) is 19.6. The second-order valence-electron chi connectivity index (χ2n) is 6.17. The van der Waals surface area contributed by atoms with Crippen molar-refractivity contribution >= 4 is 10.1 Å². The third-order valence-electron chi connectivity index (χ3n) is 4.09. The summed E-state index contributed by atoms with van der Waals surface area (Å²) in [6.45, 7) is 1.48. The standard InChI is InChI=1S/C20H26O4S/c21-25(22,23)20-14-12-18(13-15-20)9-5-2-1-3-8-16-24-17-19-10-6-4-7-11-19/h4,6-7,10-15H,1-3,5,8-9,16-17H2,(H,21,22,23). The Morgan fingerprint density at radius 1 is 0.760 bits per heavy atom.